The van der Waals surface area contributed by atoms with Gasteiger partial charge in [-0.3, -0.25) is 0 Å². The first-order chi connectivity index (χ1) is 11.1. The molecule has 126 valence electrons. The molecule has 4 rings (SSSR count). The van der Waals surface area contributed by atoms with Crippen LogP contribution in [-0.4, -0.2) is 18.0 Å². The monoisotopic (exact) mass is 316 g/mol. The van der Waals surface area contributed by atoms with Crippen LogP contribution >= 0.6 is 0 Å². The molecule has 23 heavy (non-hydrogen) atoms. The molecule has 0 aliphatic heterocycles. The van der Waals surface area contributed by atoms with Crippen molar-refractivity contribution in [1.29, 1.82) is 0 Å². The molecule has 0 spiro atoms. The van der Waals surface area contributed by atoms with Crippen molar-refractivity contribution < 1.29 is 14.3 Å². The Bertz CT molecular complexity index is 606. The standard InChI is InChI=1S/C20H28O3/c1-13-14-4-5-18-19(2,7-3-8-20(18,11-21)12-22)16(14)10-17-15(13)6-9-23-17/h6,9,11,13-14,16,18,22H,3-5,7-8,10,12H2,1-2H3/t13-,14+,16+,18-,19-,20+/m1/s1. The molecule has 0 unspecified atom stereocenters. The van der Waals surface area contributed by atoms with Crippen LogP contribution in [0.15, 0.2) is 16.7 Å². The zero-order valence-electron chi connectivity index (χ0n) is 14.3. The average Bonchev–Trinajstić information content (AvgIpc) is 3.03. The van der Waals surface area contributed by atoms with E-state index in [0.29, 0.717) is 23.7 Å². The van der Waals surface area contributed by atoms with E-state index in [1.165, 1.54) is 18.4 Å². The van der Waals surface area contributed by atoms with E-state index in [0.717, 1.165) is 37.7 Å². The minimum absolute atomic E-state index is 0.00962. The highest BCUT2D eigenvalue weighted by Gasteiger charge is 2.59. The molecule has 1 heterocycles. The topological polar surface area (TPSA) is 50.4 Å². The van der Waals surface area contributed by atoms with E-state index in [2.05, 4.69) is 19.9 Å². The maximum absolute atomic E-state index is 11.9. The van der Waals surface area contributed by atoms with Gasteiger partial charge < -0.3 is 14.3 Å². The van der Waals surface area contributed by atoms with Crippen LogP contribution in [0.2, 0.25) is 0 Å². The first-order valence-electron chi connectivity index (χ1n) is 9.19. The second-order valence-corrected chi connectivity index (χ2v) is 8.56. The van der Waals surface area contributed by atoms with Crippen molar-refractivity contribution in [3.8, 4) is 0 Å². The van der Waals surface area contributed by atoms with Gasteiger partial charge in [-0.25, -0.2) is 0 Å². The summed E-state index contributed by atoms with van der Waals surface area (Å²) < 4.78 is 5.79. The van der Waals surface area contributed by atoms with Gasteiger partial charge in [0.2, 0.25) is 0 Å². The normalized spacial score (nSPS) is 45.7. The lowest BCUT2D eigenvalue weighted by molar-refractivity contribution is -0.151. The van der Waals surface area contributed by atoms with Crippen molar-refractivity contribution in [2.45, 2.75) is 58.3 Å². The number of aldehydes is 1. The van der Waals surface area contributed by atoms with Gasteiger partial charge in [0.15, 0.2) is 0 Å². The zero-order valence-corrected chi connectivity index (χ0v) is 14.3. The lowest BCUT2D eigenvalue weighted by atomic mass is 9.43. The Hall–Kier alpha value is -1.09. The molecular weight excluding hydrogens is 288 g/mol. The third-order valence-electron chi connectivity index (χ3n) is 7.85. The predicted molar refractivity (Wildman–Crippen MR) is 88.1 cm³/mol. The second kappa shape index (κ2) is 5.20. The van der Waals surface area contributed by atoms with Crippen LogP contribution in [0, 0.1) is 28.6 Å². The van der Waals surface area contributed by atoms with E-state index in [9.17, 15) is 9.90 Å². The Kier molecular flexibility index (Phi) is 3.49. The summed E-state index contributed by atoms with van der Waals surface area (Å²) in [5, 5.41) is 10.0. The van der Waals surface area contributed by atoms with E-state index in [4.69, 9.17) is 4.42 Å². The van der Waals surface area contributed by atoms with Crippen molar-refractivity contribution in [1.82, 2.24) is 0 Å². The van der Waals surface area contributed by atoms with Gasteiger partial charge in [0.1, 0.15) is 12.0 Å². The van der Waals surface area contributed by atoms with E-state index in [1.807, 2.05) is 6.26 Å². The number of rotatable bonds is 2. The number of fused-ring (bicyclic) bond motifs is 4. The largest absolute Gasteiger partial charge is 0.469 e. The van der Waals surface area contributed by atoms with Crippen LogP contribution in [0.4, 0.5) is 0 Å². The van der Waals surface area contributed by atoms with Crippen molar-refractivity contribution in [3.05, 3.63) is 23.7 Å². The van der Waals surface area contributed by atoms with Gasteiger partial charge in [0.05, 0.1) is 18.3 Å². The number of furan rings is 1. The molecule has 3 heteroatoms. The minimum Gasteiger partial charge on any atom is -0.469 e. The quantitative estimate of drug-likeness (QED) is 0.841. The van der Waals surface area contributed by atoms with Crippen LogP contribution in [0.25, 0.3) is 0 Å². The fraction of sp³-hybridized carbons (Fsp3) is 0.750. The third-order valence-corrected chi connectivity index (χ3v) is 7.85. The molecule has 0 bridgehead atoms. The van der Waals surface area contributed by atoms with Gasteiger partial charge in [-0.15, -0.1) is 0 Å². The fourth-order valence-electron chi connectivity index (χ4n) is 6.62. The Labute approximate surface area is 138 Å². The highest BCUT2D eigenvalue weighted by atomic mass is 16.3. The fourth-order valence-corrected chi connectivity index (χ4v) is 6.62. The van der Waals surface area contributed by atoms with Crippen molar-refractivity contribution >= 4 is 6.29 Å². The van der Waals surface area contributed by atoms with E-state index in [1.54, 1.807) is 0 Å². The number of aliphatic hydroxyl groups excluding tert-OH is 1. The lowest BCUT2D eigenvalue weighted by Gasteiger charge is -2.60. The molecule has 1 aromatic heterocycles. The maximum atomic E-state index is 11.9. The molecule has 3 aliphatic carbocycles. The molecule has 0 saturated heterocycles. The summed E-state index contributed by atoms with van der Waals surface area (Å²) in [4.78, 5) is 11.9. The number of hydrogen-bond acceptors (Lipinski definition) is 3. The van der Waals surface area contributed by atoms with E-state index in [-0.39, 0.29) is 12.0 Å². The summed E-state index contributed by atoms with van der Waals surface area (Å²) in [7, 11) is 0. The van der Waals surface area contributed by atoms with Crippen molar-refractivity contribution in [2.75, 3.05) is 6.61 Å². The Balaban J connectivity index is 1.75. The van der Waals surface area contributed by atoms with Gasteiger partial charge in [0.25, 0.3) is 0 Å². The van der Waals surface area contributed by atoms with Crippen molar-refractivity contribution in [3.63, 3.8) is 0 Å². The smallest absolute Gasteiger partial charge is 0.128 e. The van der Waals surface area contributed by atoms with Gasteiger partial charge in [-0.05, 0) is 66.4 Å². The summed E-state index contributed by atoms with van der Waals surface area (Å²) in [6, 6.07) is 2.15. The zero-order chi connectivity index (χ0) is 16.2. The Morgan fingerprint density at radius 2 is 2.22 bits per heavy atom. The van der Waals surface area contributed by atoms with Crippen LogP contribution < -0.4 is 0 Å². The Morgan fingerprint density at radius 1 is 1.39 bits per heavy atom. The third kappa shape index (κ3) is 1.95. The molecule has 6 atom stereocenters. The highest BCUT2D eigenvalue weighted by molar-refractivity contribution is 5.61. The molecule has 0 amide bonds. The minimum atomic E-state index is -0.509. The van der Waals surface area contributed by atoms with Crippen LogP contribution in [0.5, 0.6) is 0 Å². The van der Waals surface area contributed by atoms with Gasteiger partial charge in [0, 0.05) is 6.42 Å². The molecule has 0 radical (unpaired) electrons. The molecular formula is C20H28O3. The number of carbonyl (C=O) groups is 1. The summed E-state index contributed by atoms with van der Waals surface area (Å²) in [6.07, 6.45) is 9.26. The summed E-state index contributed by atoms with van der Waals surface area (Å²) in [5.74, 6) is 3.27. The first-order valence-corrected chi connectivity index (χ1v) is 9.19. The van der Waals surface area contributed by atoms with E-state index < -0.39 is 5.41 Å². The number of hydrogen-bond donors (Lipinski definition) is 1. The first kappa shape index (κ1) is 15.4. The molecule has 1 N–H and O–H groups in total. The maximum Gasteiger partial charge on any atom is 0.128 e. The molecule has 3 nitrogen and oxygen atoms in total. The molecule has 2 saturated carbocycles. The van der Waals surface area contributed by atoms with Gasteiger partial charge >= 0.3 is 0 Å². The molecule has 0 aromatic carbocycles. The predicted octanol–water partition coefficient (Wildman–Crippen LogP) is 3.95. The summed E-state index contributed by atoms with van der Waals surface area (Å²) in [5.41, 5.74) is 1.03. The molecule has 1 aromatic rings. The highest BCUT2D eigenvalue weighted by Crippen LogP contribution is 2.64. The summed E-state index contributed by atoms with van der Waals surface area (Å²) in [6.45, 7) is 4.74. The van der Waals surface area contributed by atoms with E-state index >= 15 is 0 Å². The lowest BCUT2D eigenvalue weighted by Crippen LogP contribution is -2.57. The van der Waals surface area contributed by atoms with Gasteiger partial charge in [-0.1, -0.05) is 20.3 Å². The van der Waals surface area contributed by atoms with Crippen LogP contribution in [0.1, 0.15) is 63.2 Å². The molecule has 3 aliphatic rings. The molecule has 2 fully saturated rings. The second-order valence-electron chi connectivity index (χ2n) is 8.56. The number of aliphatic hydroxyl groups is 1. The SMILES string of the molecule is C[C@H]1c2ccoc2C[C@H]2[C@H]1CC[C@H]1[C@@](C=O)(CO)CCC[C@]21C. The van der Waals surface area contributed by atoms with Crippen LogP contribution in [-0.2, 0) is 11.2 Å². The number of carbonyl (C=O) groups excluding carboxylic acids is 1. The average molecular weight is 316 g/mol. The van der Waals surface area contributed by atoms with Crippen molar-refractivity contribution in [2.24, 2.45) is 28.6 Å². The summed E-state index contributed by atoms with van der Waals surface area (Å²) >= 11 is 0. The Morgan fingerprint density at radius 3 is 2.96 bits per heavy atom. The van der Waals surface area contributed by atoms with Crippen LogP contribution in [0.3, 0.4) is 0 Å². The van der Waals surface area contributed by atoms with Gasteiger partial charge in [-0.2, -0.15) is 0 Å².